The summed E-state index contributed by atoms with van der Waals surface area (Å²) in [6.07, 6.45) is 1.62. The van der Waals surface area contributed by atoms with Crippen molar-refractivity contribution in [2.45, 2.75) is 11.4 Å². The van der Waals surface area contributed by atoms with Gasteiger partial charge in [0.1, 0.15) is 5.82 Å². The van der Waals surface area contributed by atoms with Gasteiger partial charge >= 0.3 is 0 Å². The molecule has 0 aliphatic rings. The summed E-state index contributed by atoms with van der Waals surface area (Å²) in [7, 11) is -2.54. The largest absolute Gasteiger partial charge is 0.346 e. The van der Waals surface area contributed by atoms with Gasteiger partial charge in [-0.05, 0) is 54.6 Å². The fourth-order valence-electron chi connectivity index (χ4n) is 2.52. The minimum Gasteiger partial charge on any atom is -0.346 e. The van der Waals surface area contributed by atoms with E-state index in [0.717, 1.165) is 4.31 Å². The van der Waals surface area contributed by atoms with E-state index in [0.29, 0.717) is 11.4 Å². The van der Waals surface area contributed by atoms with E-state index >= 15 is 0 Å². The Kier molecular flexibility index (Phi) is 5.70. The topological polar surface area (TPSA) is 79.4 Å². The van der Waals surface area contributed by atoms with Crippen LogP contribution >= 0.6 is 0 Å². The summed E-state index contributed by atoms with van der Waals surface area (Å²) in [6.45, 7) is 0.228. The zero-order valence-electron chi connectivity index (χ0n) is 15.0. The zero-order chi connectivity index (χ0) is 20.1. The Morgan fingerprint density at radius 2 is 1.82 bits per heavy atom. The van der Waals surface area contributed by atoms with Crippen LogP contribution in [-0.4, -0.2) is 26.4 Å². The van der Waals surface area contributed by atoms with Gasteiger partial charge in [-0.25, -0.2) is 12.8 Å². The van der Waals surface area contributed by atoms with Crippen molar-refractivity contribution in [3.8, 4) is 0 Å². The molecule has 0 aliphatic carbocycles. The lowest BCUT2D eigenvalue weighted by Crippen LogP contribution is -2.27. The predicted molar refractivity (Wildman–Crippen MR) is 104 cm³/mol. The molecule has 1 heterocycles. The third kappa shape index (κ3) is 4.34. The van der Waals surface area contributed by atoms with E-state index in [1.807, 2.05) is 6.07 Å². The highest BCUT2D eigenvalue weighted by Crippen LogP contribution is 2.23. The Bertz CT molecular complexity index is 1070. The Labute approximate surface area is 162 Å². The van der Waals surface area contributed by atoms with Crippen molar-refractivity contribution >= 4 is 21.6 Å². The number of pyridine rings is 1. The second-order valence-electron chi connectivity index (χ2n) is 5.98. The molecular formula is C20H18FN3O3S. The molecule has 3 aromatic rings. The summed E-state index contributed by atoms with van der Waals surface area (Å²) >= 11 is 0. The Balaban J connectivity index is 1.79. The van der Waals surface area contributed by atoms with Crippen molar-refractivity contribution in [3.63, 3.8) is 0 Å². The van der Waals surface area contributed by atoms with Crippen LogP contribution in [0.25, 0.3) is 0 Å². The molecule has 2 aromatic carbocycles. The predicted octanol–water partition coefficient (Wildman–Crippen LogP) is 2.98. The molecule has 0 saturated carbocycles. The maximum absolute atomic E-state index is 13.1. The standard InChI is InChI=1S/C20H18FN3O3S/c1-24(18-10-8-16(21)9-11-18)28(26,27)19-7-4-5-15(13-19)20(25)23-14-17-6-2-3-12-22-17/h2-13H,14H2,1H3,(H,23,25). The SMILES string of the molecule is CN(c1ccc(F)cc1)S(=O)(=O)c1cccc(C(=O)NCc2ccccn2)c1. The van der Waals surface area contributed by atoms with Crippen molar-refractivity contribution in [1.29, 1.82) is 0 Å². The highest BCUT2D eigenvalue weighted by Gasteiger charge is 2.22. The molecule has 6 nitrogen and oxygen atoms in total. The van der Waals surface area contributed by atoms with Gasteiger partial charge in [-0.3, -0.25) is 14.1 Å². The number of nitrogens with one attached hydrogen (secondary N) is 1. The molecule has 3 rings (SSSR count). The highest BCUT2D eigenvalue weighted by molar-refractivity contribution is 7.92. The first-order valence-electron chi connectivity index (χ1n) is 8.40. The number of halogens is 1. The third-order valence-electron chi connectivity index (χ3n) is 4.10. The number of benzene rings is 2. The van der Waals surface area contributed by atoms with Gasteiger partial charge in [-0.2, -0.15) is 0 Å². The van der Waals surface area contributed by atoms with Gasteiger partial charge in [-0.1, -0.05) is 12.1 Å². The van der Waals surface area contributed by atoms with E-state index in [4.69, 9.17) is 0 Å². The third-order valence-corrected chi connectivity index (χ3v) is 5.88. The van der Waals surface area contributed by atoms with Crippen LogP contribution in [0, 0.1) is 5.82 Å². The first kappa shape index (κ1) is 19.5. The van der Waals surface area contributed by atoms with Gasteiger partial charge < -0.3 is 5.32 Å². The van der Waals surface area contributed by atoms with Crippen LogP contribution in [0.15, 0.2) is 77.8 Å². The number of carbonyl (C=O) groups excluding carboxylic acids is 1. The van der Waals surface area contributed by atoms with E-state index in [9.17, 15) is 17.6 Å². The maximum Gasteiger partial charge on any atom is 0.264 e. The average molecular weight is 399 g/mol. The van der Waals surface area contributed by atoms with E-state index in [-0.39, 0.29) is 17.0 Å². The van der Waals surface area contributed by atoms with Crippen molar-refractivity contribution < 1.29 is 17.6 Å². The van der Waals surface area contributed by atoms with Crippen LogP contribution in [0.3, 0.4) is 0 Å². The van der Waals surface area contributed by atoms with Gasteiger partial charge in [0.25, 0.3) is 15.9 Å². The Morgan fingerprint density at radius 3 is 2.50 bits per heavy atom. The number of rotatable bonds is 6. The number of anilines is 1. The normalized spacial score (nSPS) is 11.1. The fraction of sp³-hybridized carbons (Fsp3) is 0.100. The van der Waals surface area contributed by atoms with E-state index in [2.05, 4.69) is 10.3 Å². The van der Waals surface area contributed by atoms with Gasteiger partial charge in [0.05, 0.1) is 22.8 Å². The van der Waals surface area contributed by atoms with Gasteiger partial charge in [0.15, 0.2) is 0 Å². The quantitative estimate of drug-likeness (QED) is 0.691. The maximum atomic E-state index is 13.1. The molecule has 28 heavy (non-hydrogen) atoms. The number of nitrogens with zero attached hydrogens (tertiary/aromatic N) is 2. The highest BCUT2D eigenvalue weighted by atomic mass is 32.2. The molecule has 0 unspecified atom stereocenters. The number of carbonyl (C=O) groups is 1. The molecule has 0 radical (unpaired) electrons. The molecule has 1 aromatic heterocycles. The smallest absolute Gasteiger partial charge is 0.264 e. The van der Waals surface area contributed by atoms with Crippen LogP contribution in [-0.2, 0) is 16.6 Å². The van der Waals surface area contributed by atoms with Crippen molar-refractivity contribution in [2.75, 3.05) is 11.4 Å². The molecule has 0 aliphatic heterocycles. The molecule has 0 atom stereocenters. The van der Waals surface area contributed by atoms with Gasteiger partial charge in [-0.15, -0.1) is 0 Å². The fourth-order valence-corrected chi connectivity index (χ4v) is 3.76. The summed E-state index contributed by atoms with van der Waals surface area (Å²) in [5.41, 5.74) is 1.21. The Hall–Kier alpha value is -3.26. The summed E-state index contributed by atoms with van der Waals surface area (Å²) in [5.74, 6) is -0.867. The van der Waals surface area contributed by atoms with Crippen molar-refractivity contribution in [2.24, 2.45) is 0 Å². The van der Waals surface area contributed by atoms with Crippen molar-refractivity contribution in [1.82, 2.24) is 10.3 Å². The number of sulfonamides is 1. The van der Waals surface area contributed by atoms with Crippen LogP contribution < -0.4 is 9.62 Å². The van der Waals surface area contributed by atoms with Gasteiger partial charge in [0, 0.05) is 18.8 Å². The molecule has 0 saturated heterocycles. The lowest BCUT2D eigenvalue weighted by Gasteiger charge is -2.19. The summed E-state index contributed by atoms with van der Waals surface area (Å²) in [5, 5.41) is 2.71. The second-order valence-corrected chi connectivity index (χ2v) is 7.95. The minimum absolute atomic E-state index is 0.0372. The summed E-state index contributed by atoms with van der Waals surface area (Å²) in [6, 6.07) is 16.2. The summed E-state index contributed by atoms with van der Waals surface area (Å²) in [4.78, 5) is 16.5. The van der Waals surface area contributed by atoms with Crippen LogP contribution in [0.2, 0.25) is 0 Å². The van der Waals surface area contributed by atoms with E-state index < -0.39 is 21.7 Å². The molecular weight excluding hydrogens is 381 g/mol. The summed E-state index contributed by atoms with van der Waals surface area (Å²) < 4.78 is 39.9. The first-order chi connectivity index (χ1) is 13.4. The molecule has 0 fully saturated rings. The molecule has 1 N–H and O–H groups in total. The average Bonchev–Trinajstić information content (AvgIpc) is 2.73. The van der Waals surface area contributed by atoms with Crippen LogP contribution in [0.4, 0.5) is 10.1 Å². The molecule has 0 bridgehead atoms. The lowest BCUT2D eigenvalue weighted by atomic mass is 10.2. The van der Waals surface area contributed by atoms with E-state index in [1.165, 1.54) is 55.6 Å². The van der Waals surface area contributed by atoms with Gasteiger partial charge in [0.2, 0.25) is 0 Å². The number of hydrogen-bond donors (Lipinski definition) is 1. The van der Waals surface area contributed by atoms with Crippen molar-refractivity contribution in [3.05, 3.63) is 90.0 Å². The number of amides is 1. The molecule has 1 amide bonds. The Morgan fingerprint density at radius 1 is 1.07 bits per heavy atom. The molecule has 0 spiro atoms. The van der Waals surface area contributed by atoms with E-state index in [1.54, 1.807) is 18.3 Å². The number of aromatic nitrogens is 1. The molecule has 144 valence electrons. The zero-order valence-corrected chi connectivity index (χ0v) is 15.9. The minimum atomic E-state index is -3.91. The molecule has 8 heteroatoms. The van der Waals surface area contributed by atoms with Crippen LogP contribution in [0.1, 0.15) is 16.1 Å². The van der Waals surface area contributed by atoms with Crippen LogP contribution in [0.5, 0.6) is 0 Å². The lowest BCUT2D eigenvalue weighted by molar-refractivity contribution is 0.0950. The number of hydrogen-bond acceptors (Lipinski definition) is 4. The first-order valence-corrected chi connectivity index (χ1v) is 9.84. The second kappa shape index (κ2) is 8.18. The monoisotopic (exact) mass is 399 g/mol.